The lowest BCUT2D eigenvalue weighted by Crippen LogP contribution is -2.20. The first-order chi connectivity index (χ1) is 9.72. The van der Waals surface area contributed by atoms with E-state index in [9.17, 15) is 5.11 Å². The van der Waals surface area contributed by atoms with Crippen molar-refractivity contribution in [1.82, 2.24) is 9.78 Å². The number of hydrogen-bond donors (Lipinski definition) is 1. The number of hydrogen-bond acceptors (Lipinski definition) is 2. The van der Waals surface area contributed by atoms with Crippen LogP contribution in [0.15, 0.2) is 30.3 Å². The van der Waals surface area contributed by atoms with Gasteiger partial charge in [0.1, 0.15) is 0 Å². The first kappa shape index (κ1) is 13.4. The van der Waals surface area contributed by atoms with Crippen LogP contribution in [0.4, 0.5) is 0 Å². The Hall–Kier alpha value is -1.61. The van der Waals surface area contributed by atoms with Gasteiger partial charge in [-0.15, -0.1) is 0 Å². The minimum atomic E-state index is -0.416. The van der Waals surface area contributed by atoms with Gasteiger partial charge in [-0.05, 0) is 49.3 Å². The fourth-order valence-corrected chi connectivity index (χ4v) is 3.14. The highest BCUT2D eigenvalue weighted by molar-refractivity contribution is 5.40. The summed E-state index contributed by atoms with van der Waals surface area (Å²) in [7, 11) is 0. The van der Waals surface area contributed by atoms with Crippen LogP contribution < -0.4 is 0 Å². The fraction of sp³-hybridized carbons (Fsp3) is 0.471. The monoisotopic (exact) mass is 270 g/mol. The van der Waals surface area contributed by atoms with Crippen LogP contribution in [0.5, 0.6) is 0 Å². The van der Waals surface area contributed by atoms with E-state index in [2.05, 4.69) is 49.3 Å². The molecule has 20 heavy (non-hydrogen) atoms. The molecule has 0 saturated carbocycles. The Bertz CT molecular complexity index is 603. The molecule has 1 aromatic carbocycles. The second kappa shape index (κ2) is 5.41. The van der Waals surface area contributed by atoms with Crippen LogP contribution in [0.1, 0.15) is 54.8 Å². The molecule has 0 fully saturated rings. The van der Waals surface area contributed by atoms with Gasteiger partial charge < -0.3 is 5.11 Å². The van der Waals surface area contributed by atoms with Gasteiger partial charge in [-0.3, -0.25) is 4.68 Å². The summed E-state index contributed by atoms with van der Waals surface area (Å²) in [6.07, 6.45) is 2.39. The number of benzene rings is 1. The third kappa shape index (κ3) is 2.27. The van der Waals surface area contributed by atoms with Gasteiger partial charge in [-0.1, -0.05) is 31.2 Å². The summed E-state index contributed by atoms with van der Waals surface area (Å²) in [5.74, 6) is 0.492. The van der Waals surface area contributed by atoms with Gasteiger partial charge >= 0.3 is 0 Å². The van der Waals surface area contributed by atoms with E-state index in [0.29, 0.717) is 5.92 Å². The van der Waals surface area contributed by atoms with Crippen molar-refractivity contribution in [1.29, 1.82) is 0 Å². The van der Waals surface area contributed by atoms with Crippen molar-refractivity contribution in [2.45, 2.75) is 51.7 Å². The van der Waals surface area contributed by atoms with Crippen molar-refractivity contribution in [3.63, 3.8) is 0 Å². The molecule has 0 saturated heterocycles. The van der Waals surface area contributed by atoms with E-state index in [4.69, 9.17) is 0 Å². The van der Waals surface area contributed by atoms with Crippen LogP contribution in [-0.2, 0) is 19.4 Å². The molecule has 0 bridgehead atoms. The normalized spacial score (nSPS) is 18.4. The van der Waals surface area contributed by atoms with Crippen LogP contribution in [0.25, 0.3) is 0 Å². The van der Waals surface area contributed by atoms with Gasteiger partial charge in [0.05, 0.1) is 17.5 Å². The molecule has 1 aliphatic rings. The third-order valence-corrected chi connectivity index (χ3v) is 4.33. The summed E-state index contributed by atoms with van der Waals surface area (Å²) in [6, 6.07) is 10.6. The lowest BCUT2D eigenvalue weighted by Gasteiger charge is -2.31. The van der Waals surface area contributed by atoms with Gasteiger partial charge in [0.2, 0.25) is 0 Å². The molecule has 0 radical (unpaired) electrons. The van der Waals surface area contributed by atoms with Crippen molar-refractivity contribution in [3.05, 3.63) is 52.8 Å². The molecule has 106 valence electrons. The molecular formula is C17H22N2O. The van der Waals surface area contributed by atoms with E-state index in [-0.39, 0.29) is 0 Å². The Morgan fingerprint density at radius 3 is 2.85 bits per heavy atom. The predicted molar refractivity (Wildman–Crippen MR) is 79.7 cm³/mol. The number of aliphatic hydroxyl groups is 1. The minimum Gasteiger partial charge on any atom is -0.387 e. The molecule has 3 nitrogen and oxygen atoms in total. The molecule has 2 atom stereocenters. The third-order valence-electron chi connectivity index (χ3n) is 4.33. The molecule has 1 aromatic heterocycles. The lowest BCUT2D eigenvalue weighted by molar-refractivity contribution is 0.143. The summed E-state index contributed by atoms with van der Waals surface area (Å²) >= 11 is 0. The van der Waals surface area contributed by atoms with E-state index in [1.165, 1.54) is 11.1 Å². The van der Waals surface area contributed by atoms with Gasteiger partial charge in [-0.25, -0.2) is 0 Å². The summed E-state index contributed by atoms with van der Waals surface area (Å²) in [5, 5.41) is 15.1. The quantitative estimate of drug-likeness (QED) is 0.906. The fourth-order valence-electron chi connectivity index (χ4n) is 3.14. The number of aromatic nitrogens is 2. The van der Waals surface area contributed by atoms with Crippen molar-refractivity contribution >= 4 is 0 Å². The Morgan fingerprint density at radius 1 is 1.35 bits per heavy atom. The van der Waals surface area contributed by atoms with E-state index in [1.54, 1.807) is 0 Å². The Labute approximate surface area is 120 Å². The van der Waals surface area contributed by atoms with Crippen molar-refractivity contribution in [3.8, 4) is 0 Å². The Kier molecular flexibility index (Phi) is 3.62. The predicted octanol–water partition coefficient (Wildman–Crippen LogP) is 3.23. The highest BCUT2D eigenvalue weighted by Crippen LogP contribution is 2.40. The zero-order valence-electron chi connectivity index (χ0n) is 12.2. The summed E-state index contributed by atoms with van der Waals surface area (Å²) in [5.41, 5.74) is 4.87. The molecular weight excluding hydrogens is 248 g/mol. The lowest BCUT2D eigenvalue weighted by atomic mass is 9.74. The molecule has 0 spiro atoms. The average molecular weight is 270 g/mol. The molecule has 1 aliphatic carbocycles. The van der Waals surface area contributed by atoms with Crippen LogP contribution >= 0.6 is 0 Å². The maximum atomic E-state index is 10.5. The number of fused-ring (bicyclic) bond motifs is 1. The maximum absolute atomic E-state index is 10.5. The van der Waals surface area contributed by atoms with Crippen LogP contribution in [0, 0.1) is 0 Å². The summed E-state index contributed by atoms with van der Waals surface area (Å²) in [6.45, 7) is 4.98. The summed E-state index contributed by atoms with van der Waals surface area (Å²) in [4.78, 5) is 0. The molecule has 2 unspecified atom stereocenters. The Balaban J connectivity index is 1.74. The Morgan fingerprint density at radius 2 is 2.15 bits per heavy atom. The van der Waals surface area contributed by atoms with Crippen molar-refractivity contribution in [2.75, 3.05) is 0 Å². The highest BCUT2D eigenvalue weighted by atomic mass is 16.3. The molecule has 0 amide bonds. The van der Waals surface area contributed by atoms with Crippen LogP contribution in [0.2, 0.25) is 0 Å². The van der Waals surface area contributed by atoms with E-state index in [0.717, 1.165) is 37.2 Å². The summed E-state index contributed by atoms with van der Waals surface area (Å²) < 4.78 is 1.94. The second-order valence-electron chi connectivity index (χ2n) is 5.58. The number of aryl methyl sites for hydroxylation is 2. The second-order valence-corrected chi connectivity index (χ2v) is 5.58. The molecule has 1 N–H and O–H groups in total. The minimum absolute atomic E-state index is 0.416. The number of nitrogens with zero attached hydrogens (tertiary/aromatic N) is 2. The highest BCUT2D eigenvalue weighted by Gasteiger charge is 2.29. The van der Waals surface area contributed by atoms with Crippen molar-refractivity contribution in [2.24, 2.45) is 0 Å². The largest absolute Gasteiger partial charge is 0.387 e. The molecule has 0 aliphatic heterocycles. The van der Waals surface area contributed by atoms with E-state index in [1.807, 2.05) is 4.68 Å². The van der Waals surface area contributed by atoms with Gasteiger partial charge in [-0.2, -0.15) is 5.10 Å². The van der Waals surface area contributed by atoms with Gasteiger partial charge in [0.15, 0.2) is 0 Å². The van der Waals surface area contributed by atoms with Crippen LogP contribution in [-0.4, -0.2) is 14.9 Å². The van der Waals surface area contributed by atoms with Gasteiger partial charge in [0, 0.05) is 6.54 Å². The van der Waals surface area contributed by atoms with E-state index < -0.39 is 6.10 Å². The average Bonchev–Trinajstić information content (AvgIpc) is 2.88. The SMILES string of the molecule is CCc1cc(C(O)CC2Cc3ccccc32)n(CC)n1. The van der Waals surface area contributed by atoms with Crippen LogP contribution in [0.3, 0.4) is 0 Å². The molecule has 1 heterocycles. The number of rotatable bonds is 5. The topological polar surface area (TPSA) is 38.0 Å². The molecule has 3 heteroatoms. The molecule has 3 rings (SSSR count). The zero-order valence-corrected chi connectivity index (χ0v) is 12.2. The zero-order chi connectivity index (χ0) is 14.1. The van der Waals surface area contributed by atoms with Crippen molar-refractivity contribution < 1.29 is 5.11 Å². The first-order valence-electron chi connectivity index (χ1n) is 7.55. The van der Waals surface area contributed by atoms with E-state index >= 15 is 0 Å². The molecule has 2 aromatic rings. The van der Waals surface area contributed by atoms with Gasteiger partial charge in [0.25, 0.3) is 0 Å². The number of aliphatic hydroxyl groups excluding tert-OH is 1. The maximum Gasteiger partial charge on any atom is 0.0962 e. The smallest absolute Gasteiger partial charge is 0.0962 e. The first-order valence-corrected chi connectivity index (χ1v) is 7.55. The standard InChI is InChI=1S/C17H22N2O/c1-3-14-11-16(19(4-2)18-14)17(20)10-13-9-12-7-5-6-8-15(12)13/h5-8,11,13,17,20H,3-4,9-10H2,1-2H3.